The summed E-state index contributed by atoms with van der Waals surface area (Å²) in [4.78, 5) is 11.0. The van der Waals surface area contributed by atoms with Crippen molar-refractivity contribution in [3.8, 4) is 6.07 Å². The van der Waals surface area contributed by atoms with Crippen LogP contribution in [0.5, 0.6) is 0 Å². The number of benzene rings is 1. The van der Waals surface area contributed by atoms with E-state index in [2.05, 4.69) is 0 Å². The SMILES string of the molecule is CC(CC#N)(C(=O)O)c1ccc(F)c(F)c1. The number of nitrogens with zero attached hydrogens (tertiary/aromatic N) is 1. The fourth-order valence-corrected chi connectivity index (χ4v) is 1.30. The van der Waals surface area contributed by atoms with E-state index in [1.807, 2.05) is 0 Å². The number of hydrogen-bond acceptors (Lipinski definition) is 2. The molecule has 0 radical (unpaired) electrons. The first-order chi connectivity index (χ1) is 7.41. The zero-order valence-corrected chi connectivity index (χ0v) is 8.50. The summed E-state index contributed by atoms with van der Waals surface area (Å²) in [5.74, 6) is -3.42. The number of rotatable bonds is 3. The van der Waals surface area contributed by atoms with E-state index in [1.54, 1.807) is 6.07 Å². The van der Waals surface area contributed by atoms with Crippen LogP contribution in [0.3, 0.4) is 0 Å². The molecule has 0 saturated heterocycles. The molecule has 16 heavy (non-hydrogen) atoms. The molecule has 3 nitrogen and oxygen atoms in total. The average Bonchev–Trinajstić information content (AvgIpc) is 2.22. The average molecular weight is 225 g/mol. The molecule has 1 aromatic rings. The minimum absolute atomic E-state index is 0.0699. The van der Waals surface area contributed by atoms with Crippen LogP contribution in [0.2, 0.25) is 0 Å². The Morgan fingerprint density at radius 3 is 2.56 bits per heavy atom. The van der Waals surface area contributed by atoms with Gasteiger partial charge in [-0.2, -0.15) is 5.26 Å². The first-order valence-corrected chi connectivity index (χ1v) is 4.47. The molecular weight excluding hydrogens is 216 g/mol. The topological polar surface area (TPSA) is 61.1 Å². The quantitative estimate of drug-likeness (QED) is 0.857. The Morgan fingerprint density at radius 1 is 1.50 bits per heavy atom. The van der Waals surface area contributed by atoms with Crippen LogP contribution in [0.1, 0.15) is 18.9 Å². The van der Waals surface area contributed by atoms with Gasteiger partial charge in [0.2, 0.25) is 0 Å². The number of hydrogen-bond donors (Lipinski definition) is 1. The molecule has 1 unspecified atom stereocenters. The van der Waals surface area contributed by atoms with Crippen molar-refractivity contribution in [1.82, 2.24) is 0 Å². The number of halogens is 2. The molecule has 0 aliphatic carbocycles. The second-order valence-corrected chi connectivity index (χ2v) is 3.60. The summed E-state index contributed by atoms with van der Waals surface area (Å²) >= 11 is 0. The third-order valence-corrected chi connectivity index (χ3v) is 2.46. The highest BCUT2D eigenvalue weighted by atomic mass is 19.2. The highest BCUT2D eigenvalue weighted by Crippen LogP contribution is 2.28. The van der Waals surface area contributed by atoms with E-state index in [0.29, 0.717) is 0 Å². The summed E-state index contributed by atoms with van der Waals surface area (Å²) in [7, 11) is 0. The van der Waals surface area contributed by atoms with Crippen molar-refractivity contribution in [3.05, 3.63) is 35.4 Å². The van der Waals surface area contributed by atoms with Crippen molar-refractivity contribution in [2.24, 2.45) is 0 Å². The van der Waals surface area contributed by atoms with E-state index in [9.17, 15) is 13.6 Å². The molecule has 1 aromatic carbocycles. The number of carboxylic acids is 1. The molecule has 0 aromatic heterocycles. The van der Waals surface area contributed by atoms with E-state index in [0.717, 1.165) is 12.1 Å². The van der Waals surface area contributed by atoms with E-state index >= 15 is 0 Å². The van der Waals surface area contributed by atoms with Gasteiger partial charge in [0.05, 0.1) is 12.5 Å². The molecule has 1 N–H and O–H groups in total. The predicted molar refractivity (Wildman–Crippen MR) is 51.6 cm³/mol. The maximum atomic E-state index is 13.0. The molecule has 0 spiro atoms. The van der Waals surface area contributed by atoms with Gasteiger partial charge in [-0.05, 0) is 24.6 Å². The molecule has 0 heterocycles. The van der Waals surface area contributed by atoms with E-state index in [-0.39, 0.29) is 12.0 Å². The predicted octanol–water partition coefficient (Wildman–Crippen LogP) is 2.22. The van der Waals surface area contributed by atoms with Gasteiger partial charge in [-0.25, -0.2) is 8.78 Å². The van der Waals surface area contributed by atoms with E-state index < -0.39 is 23.0 Å². The number of nitriles is 1. The van der Waals surface area contributed by atoms with Gasteiger partial charge in [-0.3, -0.25) is 4.79 Å². The van der Waals surface area contributed by atoms with Crippen LogP contribution in [0.15, 0.2) is 18.2 Å². The first kappa shape index (κ1) is 12.1. The minimum Gasteiger partial charge on any atom is -0.481 e. The third kappa shape index (κ3) is 2.01. The second-order valence-electron chi connectivity index (χ2n) is 3.60. The highest BCUT2D eigenvalue weighted by Gasteiger charge is 2.35. The molecule has 0 aliphatic heterocycles. The molecule has 5 heteroatoms. The van der Waals surface area contributed by atoms with Crippen molar-refractivity contribution < 1.29 is 18.7 Å². The Morgan fingerprint density at radius 2 is 2.12 bits per heavy atom. The zero-order chi connectivity index (χ0) is 12.3. The lowest BCUT2D eigenvalue weighted by Crippen LogP contribution is -2.32. The number of carbonyl (C=O) groups is 1. The second kappa shape index (κ2) is 4.27. The van der Waals surface area contributed by atoms with Crippen molar-refractivity contribution in [2.75, 3.05) is 0 Å². The van der Waals surface area contributed by atoms with Gasteiger partial charge >= 0.3 is 5.97 Å². The molecule has 0 aliphatic rings. The first-order valence-electron chi connectivity index (χ1n) is 4.47. The summed E-state index contributed by atoms with van der Waals surface area (Å²) in [6.45, 7) is 1.30. The van der Waals surface area contributed by atoms with Crippen molar-refractivity contribution in [2.45, 2.75) is 18.8 Å². The molecule has 1 rings (SSSR count). The fraction of sp³-hybridized carbons (Fsp3) is 0.273. The molecule has 0 saturated carbocycles. The maximum Gasteiger partial charge on any atom is 0.314 e. The van der Waals surface area contributed by atoms with E-state index in [4.69, 9.17) is 10.4 Å². The van der Waals surface area contributed by atoms with Gasteiger partial charge < -0.3 is 5.11 Å². The van der Waals surface area contributed by atoms with Crippen LogP contribution in [-0.4, -0.2) is 11.1 Å². The monoisotopic (exact) mass is 225 g/mol. The van der Waals surface area contributed by atoms with Crippen molar-refractivity contribution in [3.63, 3.8) is 0 Å². The van der Waals surface area contributed by atoms with Crippen LogP contribution >= 0.6 is 0 Å². The minimum atomic E-state index is -1.52. The van der Waals surface area contributed by atoms with Gasteiger partial charge in [-0.1, -0.05) is 6.07 Å². The highest BCUT2D eigenvalue weighted by molar-refractivity contribution is 5.81. The summed E-state index contributed by atoms with van der Waals surface area (Å²) in [6, 6.07) is 4.55. The van der Waals surface area contributed by atoms with Crippen molar-refractivity contribution in [1.29, 1.82) is 5.26 Å². The lowest BCUT2D eigenvalue weighted by Gasteiger charge is -2.22. The van der Waals surface area contributed by atoms with Gasteiger partial charge in [0.15, 0.2) is 11.6 Å². The molecular formula is C11H9F2NO2. The van der Waals surface area contributed by atoms with Crippen LogP contribution in [-0.2, 0) is 10.2 Å². The fourth-order valence-electron chi connectivity index (χ4n) is 1.30. The Balaban J connectivity index is 3.28. The summed E-state index contributed by atoms with van der Waals surface area (Å²) < 4.78 is 25.6. The standard InChI is InChI=1S/C11H9F2NO2/c1-11(4-5-14,10(15)16)7-2-3-8(12)9(13)6-7/h2-3,6H,4H2,1H3,(H,15,16). The van der Waals surface area contributed by atoms with E-state index in [1.165, 1.54) is 13.0 Å². The lowest BCUT2D eigenvalue weighted by atomic mass is 9.80. The van der Waals surface area contributed by atoms with Gasteiger partial charge in [-0.15, -0.1) is 0 Å². The van der Waals surface area contributed by atoms with Crippen LogP contribution in [0.25, 0.3) is 0 Å². The smallest absolute Gasteiger partial charge is 0.314 e. The maximum absolute atomic E-state index is 13.0. The number of carboxylic acid groups (broad SMARTS) is 1. The zero-order valence-electron chi connectivity index (χ0n) is 8.50. The number of aliphatic carboxylic acids is 1. The van der Waals surface area contributed by atoms with Gasteiger partial charge in [0.25, 0.3) is 0 Å². The molecule has 0 bridgehead atoms. The molecule has 84 valence electrons. The Labute approximate surface area is 90.9 Å². The van der Waals surface area contributed by atoms with Crippen LogP contribution in [0.4, 0.5) is 8.78 Å². The molecule has 0 fully saturated rings. The molecule has 0 amide bonds. The van der Waals surface area contributed by atoms with Gasteiger partial charge in [0, 0.05) is 0 Å². The lowest BCUT2D eigenvalue weighted by molar-refractivity contribution is -0.143. The largest absolute Gasteiger partial charge is 0.481 e. The summed E-state index contributed by atoms with van der Waals surface area (Å²) in [5.41, 5.74) is -1.45. The normalized spacial score (nSPS) is 13.9. The van der Waals surface area contributed by atoms with Crippen LogP contribution < -0.4 is 0 Å². The Kier molecular flexibility index (Phi) is 3.23. The van der Waals surface area contributed by atoms with Crippen LogP contribution in [0, 0.1) is 23.0 Å². The third-order valence-electron chi connectivity index (χ3n) is 2.46. The summed E-state index contributed by atoms with van der Waals surface area (Å²) in [5, 5.41) is 17.6. The van der Waals surface area contributed by atoms with Crippen molar-refractivity contribution >= 4 is 5.97 Å². The summed E-state index contributed by atoms with van der Waals surface area (Å²) in [6.07, 6.45) is -0.312. The molecule has 1 atom stereocenters. The Bertz CT molecular complexity index is 468. The Hall–Kier alpha value is -1.96. The van der Waals surface area contributed by atoms with Gasteiger partial charge in [0.1, 0.15) is 5.41 Å².